The summed E-state index contributed by atoms with van der Waals surface area (Å²) in [6, 6.07) is 19.8. The van der Waals surface area contributed by atoms with Gasteiger partial charge >= 0.3 is 0 Å². The van der Waals surface area contributed by atoms with Gasteiger partial charge in [-0.1, -0.05) is 49.4 Å². The molecule has 2 aromatic carbocycles. The first-order valence-electron chi connectivity index (χ1n) is 7.25. The van der Waals surface area contributed by atoms with Gasteiger partial charge in [0.25, 0.3) is 0 Å². The Labute approximate surface area is 122 Å². The van der Waals surface area contributed by atoms with Crippen molar-refractivity contribution in [2.45, 2.75) is 25.9 Å². The summed E-state index contributed by atoms with van der Waals surface area (Å²) in [4.78, 5) is 2.12. The topological polar surface area (TPSA) is 15.3 Å². The van der Waals surface area contributed by atoms with Gasteiger partial charge in [0.1, 0.15) is 0 Å². The predicted molar refractivity (Wildman–Crippen MR) is 87.1 cm³/mol. The number of rotatable bonds is 6. The van der Waals surface area contributed by atoms with Crippen LogP contribution in [-0.4, -0.2) is 14.1 Å². The summed E-state index contributed by atoms with van der Waals surface area (Å²) in [5.74, 6) is 0. The molecule has 106 valence electrons. The molecule has 0 fully saturated rings. The lowest BCUT2D eigenvalue weighted by Gasteiger charge is -2.18. The number of anilines is 1. The number of nitrogens with zero attached hydrogens (tertiary/aromatic N) is 1. The van der Waals surface area contributed by atoms with Crippen molar-refractivity contribution in [3.8, 4) is 0 Å². The molecular formula is C18H24N2. The number of benzene rings is 2. The van der Waals surface area contributed by atoms with E-state index in [1.54, 1.807) is 0 Å². The summed E-state index contributed by atoms with van der Waals surface area (Å²) in [6.07, 6.45) is 1.10. The first-order valence-corrected chi connectivity index (χ1v) is 7.25. The van der Waals surface area contributed by atoms with Crippen molar-refractivity contribution in [2.75, 3.05) is 19.0 Å². The highest BCUT2D eigenvalue weighted by atomic mass is 15.1. The third kappa shape index (κ3) is 3.84. The largest absolute Gasteiger partial charge is 0.378 e. The molecule has 0 aliphatic rings. The van der Waals surface area contributed by atoms with Gasteiger partial charge in [-0.2, -0.15) is 0 Å². The summed E-state index contributed by atoms with van der Waals surface area (Å²) < 4.78 is 0. The minimum atomic E-state index is 0.421. The van der Waals surface area contributed by atoms with Gasteiger partial charge in [-0.05, 0) is 29.7 Å². The third-order valence-electron chi connectivity index (χ3n) is 3.62. The van der Waals surface area contributed by atoms with E-state index in [1.807, 2.05) is 0 Å². The molecule has 0 aliphatic heterocycles. The van der Waals surface area contributed by atoms with Crippen LogP contribution in [0.3, 0.4) is 0 Å². The number of hydrogen-bond donors (Lipinski definition) is 1. The van der Waals surface area contributed by atoms with Crippen molar-refractivity contribution >= 4 is 5.69 Å². The van der Waals surface area contributed by atoms with E-state index in [0.717, 1.165) is 13.0 Å². The van der Waals surface area contributed by atoms with E-state index in [4.69, 9.17) is 0 Å². The van der Waals surface area contributed by atoms with Gasteiger partial charge in [-0.25, -0.2) is 0 Å². The molecule has 2 rings (SSSR count). The SMILES string of the molecule is CCC(NCc1ccc(N(C)C)cc1)c1ccccc1. The van der Waals surface area contributed by atoms with Gasteiger partial charge in [0.15, 0.2) is 0 Å². The average Bonchev–Trinajstić information content (AvgIpc) is 2.49. The highest BCUT2D eigenvalue weighted by molar-refractivity contribution is 5.45. The fourth-order valence-electron chi connectivity index (χ4n) is 2.34. The first-order chi connectivity index (χ1) is 9.70. The standard InChI is InChI=1S/C18H24N2/c1-4-18(16-8-6-5-7-9-16)19-14-15-10-12-17(13-11-15)20(2)3/h5-13,18-19H,4,14H2,1-3H3. The maximum Gasteiger partial charge on any atom is 0.0361 e. The Morgan fingerprint density at radius 1 is 0.950 bits per heavy atom. The molecule has 1 unspecified atom stereocenters. The van der Waals surface area contributed by atoms with Gasteiger partial charge in [0.2, 0.25) is 0 Å². The van der Waals surface area contributed by atoms with Crippen LogP contribution in [-0.2, 0) is 6.54 Å². The Morgan fingerprint density at radius 2 is 1.60 bits per heavy atom. The van der Waals surface area contributed by atoms with E-state index in [0.29, 0.717) is 6.04 Å². The number of hydrogen-bond acceptors (Lipinski definition) is 2. The average molecular weight is 268 g/mol. The zero-order valence-corrected chi connectivity index (χ0v) is 12.6. The zero-order chi connectivity index (χ0) is 14.4. The second kappa shape index (κ2) is 7.11. The maximum absolute atomic E-state index is 3.64. The van der Waals surface area contributed by atoms with Gasteiger partial charge in [-0.3, -0.25) is 0 Å². The molecule has 0 aromatic heterocycles. The van der Waals surface area contributed by atoms with Crippen LogP contribution >= 0.6 is 0 Å². The molecule has 2 heteroatoms. The Morgan fingerprint density at radius 3 is 2.15 bits per heavy atom. The minimum Gasteiger partial charge on any atom is -0.378 e. The van der Waals surface area contributed by atoms with Crippen molar-refractivity contribution in [1.29, 1.82) is 0 Å². The van der Waals surface area contributed by atoms with Crippen molar-refractivity contribution in [1.82, 2.24) is 5.32 Å². The van der Waals surface area contributed by atoms with Gasteiger partial charge in [0, 0.05) is 32.4 Å². The van der Waals surface area contributed by atoms with Gasteiger partial charge < -0.3 is 10.2 Å². The Hall–Kier alpha value is -1.80. The van der Waals surface area contributed by atoms with Crippen LogP contribution in [0.1, 0.15) is 30.5 Å². The van der Waals surface area contributed by atoms with Crippen molar-refractivity contribution in [3.63, 3.8) is 0 Å². The van der Waals surface area contributed by atoms with E-state index < -0.39 is 0 Å². The predicted octanol–water partition coefficient (Wildman–Crippen LogP) is 3.99. The van der Waals surface area contributed by atoms with E-state index in [9.17, 15) is 0 Å². The Bertz CT molecular complexity index is 503. The summed E-state index contributed by atoms with van der Waals surface area (Å²) in [7, 11) is 4.13. The summed E-state index contributed by atoms with van der Waals surface area (Å²) in [5.41, 5.74) is 3.92. The lowest BCUT2D eigenvalue weighted by Crippen LogP contribution is -2.20. The molecule has 0 spiro atoms. The molecule has 2 aromatic rings. The quantitative estimate of drug-likeness (QED) is 0.852. The number of nitrogens with one attached hydrogen (secondary N) is 1. The molecule has 20 heavy (non-hydrogen) atoms. The molecule has 0 radical (unpaired) electrons. The van der Waals surface area contributed by atoms with Crippen molar-refractivity contribution in [2.24, 2.45) is 0 Å². The van der Waals surface area contributed by atoms with E-state index in [-0.39, 0.29) is 0 Å². The third-order valence-corrected chi connectivity index (χ3v) is 3.62. The van der Waals surface area contributed by atoms with Crippen LogP contribution in [0.4, 0.5) is 5.69 Å². The highest BCUT2D eigenvalue weighted by Crippen LogP contribution is 2.17. The van der Waals surface area contributed by atoms with E-state index in [1.165, 1.54) is 16.8 Å². The van der Waals surface area contributed by atoms with Crippen LogP contribution in [0.5, 0.6) is 0 Å². The van der Waals surface area contributed by atoms with Crippen LogP contribution in [0.15, 0.2) is 54.6 Å². The maximum atomic E-state index is 3.64. The first kappa shape index (κ1) is 14.6. The minimum absolute atomic E-state index is 0.421. The highest BCUT2D eigenvalue weighted by Gasteiger charge is 2.07. The Kier molecular flexibility index (Phi) is 5.19. The smallest absolute Gasteiger partial charge is 0.0361 e. The fraction of sp³-hybridized carbons (Fsp3) is 0.333. The van der Waals surface area contributed by atoms with Crippen molar-refractivity contribution in [3.05, 3.63) is 65.7 Å². The van der Waals surface area contributed by atoms with Gasteiger partial charge in [-0.15, -0.1) is 0 Å². The van der Waals surface area contributed by atoms with E-state index in [2.05, 4.69) is 85.8 Å². The molecule has 0 amide bonds. The Balaban J connectivity index is 1.96. The molecule has 0 heterocycles. The second-order valence-corrected chi connectivity index (χ2v) is 5.31. The van der Waals surface area contributed by atoms with Crippen LogP contribution < -0.4 is 10.2 Å². The lowest BCUT2D eigenvalue weighted by atomic mass is 10.0. The van der Waals surface area contributed by atoms with Gasteiger partial charge in [0.05, 0.1) is 0 Å². The molecule has 1 atom stereocenters. The summed E-state index contributed by atoms with van der Waals surface area (Å²) in [5, 5.41) is 3.64. The monoisotopic (exact) mass is 268 g/mol. The van der Waals surface area contributed by atoms with E-state index >= 15 is 0 Å². The second-order valence-electron chi connectivity index (χ2n) is 5.31. The summed E-state index contributed by atoms with van der Waals surface area (Å²) in [6.45, 7) is 3.13. The molecule has 0 saturated heterocycles. The molecule has 2 nitrogen and oxygen atoms in total. The molecule has 0 saturated carbocycles. The van der Waals surface area contributed by atoms with Crippen LogP contribution in [0.25, 0.3) is 0 Å². The fourth-order valence-corrected chi connectivity index (χ4v) is 2.34. The van der Waals surface area contributed by atoms with Crippen LogP contribution in [0.2, 0.25) is 0 Å². The molecule has 0 aliphatic carbocycles. The molecular weight excluding hydrogens is 244 g/mol. The van der Waals surface area contributed by atoms with Crippen molar-refractivity contribution < 1.29 is 0 Å². The molecule has 0 bridgehead atoms. The molecule has 1 N–H and O–H groups in total. The van der Waals surface area contributed by atoms with Crippen LogP contribution in [0, 0.1) is 0 Å². The lowest BCUT2D eigenvalue weighted by molar-refractivity contribution is 0.519. The zero-order valence-electron chi connectivity index (χ0n) is 12.6. The normalized spacial score (nSPS) is 12.2. The summed E-state index contributed by atoms with van der Waals surface area (Å²) >= 11 is 0.